The van der Waals surface area contributed by atoms with Crippen LogP contribution in [0.15, 0.2) is 54.6 Å². The van der Waals surface area contributed by atoms with Crippen LogP contribution in [0, 0.1) is 0 Å². The number of aliphatic hydroxyl groups is 1. The van der Waals surface area contributed by atoms with E-state index in [0.29, 0.717) is 26.2 Å². The minimum absolute atomic E-state index is 0.269. The molecule has 2 fully saturated rings. The van der Waals surface area contributed by atoms with Gasteiger partial charge < -0.3 is 19.5 Å². The van der Waals surface area contributed by atoms with Crippen LogP contribution in [-0.2, 0) is 11.3 Å². The molecule has 172 valence electrons. The van der Waals surface area contributed by atoms with Crippen molar-refractivity contribution in [2.75, 3.05) is 39.4 Å². The fourth-order valence-electron chi connectivity index (χ4n) is 4.53. The van der Waals surface area contributed by atoms with Crippen molar-refractivity contribution in [3.63, 3.8) is 0 Å². The van der Waals surface area contributed by atoms with Crippen molar-refractivity contribution in [2.24, 2.45) is 0 Å². The maximum absolute atomic E-state index is 11.6. The maximum atomic E-state index is 11.6. The van der Waals surface area contributed by atoms with Crippen LogP contribution in [0.1, 0.15) is 37.7 Å². The molecular weight excluding hydrogens is 404 g/mol. The standard InChI is InChI=1S/C26H34N2O4/c29-25-9-4-16-28(25)17-6-18-31-24-12-10-22(11-13-24)19-27-15-5-14-26(30,20-27)21-32-23-7-2-1-3-8-23/h1-3,7-8,10-13,30H,4-6,9,14-21H2. The summed E-state index contributed by atoms with van der Waals surface area (Å²) >= 11 is 0. The molecule has 6 nitrogen and oxygen atoms in total. The van der Waals surface area contributed by atoms with Gasteiger partial charge in [-0.15, -0.1) is 0 Å². The van der Waals surface area contributed by atoms with E-state index in [-0.39, 0.29) is 5.91 Å². The van der Waals surface area contributed by atoms with Gasteiger partial charge >= 0.3 is 0 Å². The number of hydrogen-bond donors (Lipinski definition) is 1. The number of hydrogen-bond acceptors (Lipinski definition) is 5. The average molecular weight is 439 g/mol. The van der Waals surface area contributed by atoms with Gasteiger partial charge in [0.15, 0.2) is 0 Å². The van der Waals surface area contributed by atoms with Crippen molar-refractivity contribution >= 4 is 5.91 Å². The minimum Gasteiger partial charge on any atom is -0.494 e. The molecule has 2 saturated heterocycles. The van der Waals surface area contributed by atoms with Gasteiger partial charge in [0.25, 0.3) is 0 Å². The zero-order chi connectivity index (χ0) is 22.2. The highest BCUT2D eigenvalue weighted by molar-refractivity contribution is 5.77. The lowest BCUT2D eigenvalue weighted by Crippen LogP contribution is -2.51. The van der Waals surface area contributed by atoms with Crippen LogP contribution < -0.4 is 9.47 Å². The third kappa shape index (κ3) is 6.47. The SMILES string of the molecule is O=C1CCCN1CCCOc1ccc(CN2CCCC(O)(COc3ccccc3)C2)cc1. The molecule has 0 saturated carbocycles. The largest absolute Gasteiger partial charge is 0.494 e. The van der Waals surface area contributed by atoms with Gasteiger partial charge in [0.1, 0.15) is 23.7 Å². The second-order valence-corrected chi connectivity index (χ2v) is 8.97. The summed E-state index contributed by atoms with van der Waals surface area (Å²) < 4.78 is 11.7. The Morgan fingerprint density at radius 2 is 1.72 bits per heavy atom. The van der Waals surface area contributed by atoms with Crippen LogP contribution in [0.4, 0.5) is 0 Å². The smallest absolute Gasteiger partial charge is 0.222 e. The first kappa shape index (κ1) is 22.6. The fraction of sp³-hybridized carbons (Fsp3) is 0.500. The van der Waals surface area contributed by atoms with Gasteiger partial charge in [-0.3, -0.25) is 9.69 Å². The number of carbonyl (C=O) groups is 1. The highest BCUT2D eigenvalue weighted by Crippen LogP contribution is 2.25. The van der Waals surface area contributed by atoms with E-state index in [1.54, 1.807) is 0 Å². The van der Waals surface area contributed by atoms with E-state index in [2.05, 4.69) is 17.0 Å². The third-order valence-electron chi connectivity index (χ3n) is 6.23. The van der Waals surface area contributed by atoms with Crippen LogP contribution in [0.5, 0.6) is 11.5 Å². The molecule has 6 heteroatoms. The van der Waals surface area contributed by atoms with Crippen molar-refractivity contribution in [1.29, 1.82) is 0 Å². The summed E-state index contributed by atoms with van der Waals surface area (Å²) in [4.78, 5) is 15.9. The van der Waals surface area contributed by atoms with Gasteiger partial charge in [0.05, 0.1) is 6.61 Å². The Bertz CT molecular complexity index is 858. The lowest BCUT2D eigenvalue weighted by atomic mass is 9.93. The number of benzene rings is 2. The van der Waals surface area contributed by atoms with E-state index in [1.165, 1.54) is 5.56 Å². The molecule has 1 unspecified atom stereocenters. The maximum Gasteiger partial charge on any atom is 0.222 e. The molecule has 2 aliphatic heterocycles. The van der Waals surface area contributed by atoms with Crippen molar-refractivity contribution in [3.8, 4) is 11.5 Å². The third-order valence-corrected chi connectivity index (χ3v) is 6.23. The van der Waals surface area contributed by atoms with Gasteiger partial charge in [0, 0.05) is 32.6 Å². The molecule has 2 aromatic carbocycles. The second kappa shape index (κ2) is 10.8. The average Bonchev–Trinajstić information content (AvgIpc) is 3.22. The predicted molar refractivity (Wildman–Crippen MR) is 124 cm³/mol. The Balaban J connectivity index is 1.20. The van der Waals surface area contributed by atoms with Gasteiger partial charge in [-0.05, 0) is 62.1 Å². The number of ether oxygens (including phenoxy) is 2. The first-order chi connectivity index (χ1) is 15.6. The number of nitrogens with zero attached hydrogens (tertiary/aromatic N) is 2. The van der Waals surface area contributed by atoms with E-state index in [9.17, 15) is 9.90 Å². The summed E-state index contributed by atoms with van der Waals surface area (Å²) in [5.74, 6) is 1.92. The summed E-state index contributed by atoms with van der Waals surface area (Å²) in [6.07, 6.45) is 4.23. The summed E-state index contributed by atoms with van der Waals surface area (Å²) in [5.41, 5.74) is 0.377. The van der Waals surface area contributed by atoms with Crippen LogP contribution in [0.3, 0.4) is 0 Å². The molecule has 0 aliphatic carbocycles. The van der Waals surface area contributed by atoms with Crippen LogP contribution in [0.25, 0.3) is 0 Å². The first-order valence-corrected chi connectivity index (χ1v) is 11.7. The first-order valence-electron chi connectivity index (χ1n) is 11.7. The number of likely N-dealkylation sites (tertiary alicyclic amines) is 2. The Hall–Kier alpha value is -2.57. The van der Waals surface area contributed by atoms with Crippen LogP contribution in [-0.4, -0.2) is 65.8 Å². The summed E-state index contributed by atoms with van der Waals surface area (Å²) in [6.45, 7) is 4.97. The van der Waals surface area contributed by atoms with E-state index in [1.807, 2.05) is 47.4 Å². The Morgan fingerprint density at radius 3 is 2.47 bits per heavy atom. The molecule has 1 amide bonds. The van der Waals surface area contributed by atoms with E-state index >= 15 is 0 Å². The molecular formula is C26H34N2O4. The zero-order valence-corrected chi connectivity index (χ0v) is 18.7. The lowest BCUT2D eigenvalue weighted by Gasteiger charge is -2.39. The fourth-order valence-corrected chi connectivity index (χ4v) is 4.53. The normalized spacial score (nSPS) is 21.7. The lowest BCUT2D eigenvalue weighted by molar-refractivity contribution is -0.127. The van der Waals surface area contributed by atoms with Crippen molar-refractivity contribution < 1.29 is 19.4 Å². The van der Waals surface area contributed by atoms with E-state index in [4.69, 9.17) is 9.47 Å². The summed E-state index contributed by atoms with van der Waals surface area (Å²) in [7, 11) is 0. The topological polar surface area (TPSA) is 62.2 Å². The van der Waals surface area contributed by atoms with Gasteiger partial charge in [-0.1, -0.05) is 30.3 Å². The molecule has 0 spiro atoms. The number of carbonyl (C=O) groups excluding carboxylic acids is 1. The zero-order valence-electron chi connectivity index (χ0n) is 18.7. The van der Waals surface area contributed by atoms with Crippen molar-refractivity contribution in [3.05, 3.63) is 60.2 Å². The Morgan fingerprint density at radius 1 is 0.938 bits per heavy atom. The van der Waals surface area contributed by atoms with Gasteiger partial charge in [-0.25, -0.2) is 0 Å². The van der Waals surface area contributed by atoms with Crippen molar-refractivity contribution in [2.45, 2.75) is 44.2 Å². The molecule has 4 rings (SSSR count). The molecule has 0 bridgehead atoms. The molecule has 1 atom stereocenters. The molecule has 1 N–H and O–H groups in total. The van der Waals surface area contributed by atoms with E-state index < -0.39 is 5.60 Å². The summed E-state index contributed by atoms with van der Waals surface area (Å²) in [6, 6.07) is 17.9. The molecule has 32 heavy (non-hydrogen) atoms. The second-order valence-electron chi connectivity index (χ2n) is 8.97. The Labute approximate surface area is 190 Å². The number of amides is 1. The molecule has 2 aliphatic rings. The molecule has 2 aromatic rings. The molecule has 0 aromatic heterocycles. The van der Waals surface area contributed by atoms with Gasteiger partial charge in [0.2, 0.25) is 5.91 Å². The quantitative estimate of drug-likeness (QED) is 0.576. The minimum atomic E-state index is -0.826. The number of β-amino-alcohol motifs (C(OH)–C–C–N with tert-alkyl or cyclic N) is 1. The number of rotatable bonds is 10. The highest BCUT2D eigenvalue weighted by atomic mass is 16.5. The summed E-state index contributed by atoms with van der Waals surface area (Å²) in [5, 5.41) is 11.0. The predicted octanol–water partition coefficient (Wildman–Crippen LogP) is 3.48. The van der Waals surface area contributed by atoms with E-state index in [0.717, 1.165) is 63.4 Å². The molecule has 2 heterocycles. The molecule has 0 radical (unpaired) electrons. The van der Waals surface area contributed by atoms with Crippen molar-refractivity contribution in [1.82, 2.24) is 9.80 Å². The monoisotopic (exact) mass is 438 g/mol. The van der Waals surface area contributed by atoms with Crippen LogP contribution >= 0.6 is 0 Å². The van der Waals surface area contributed by atoms with Crippen LogP contribution in [0.2, 0.25) is 0 Å². The van der Waals surface area contributed by atoms with Gasteiger partial charge in [-0.2, -0.15) is 0 Å². The highest BCUT2D eigenvalue weighted by Gasteiger charge is 2.34. The number of piperidine rings is 1. The number of para-hydroxylation sites is 1. The Kier molecular flexibility index (Phi) is 7.66.